The minimum Gasteiger partial charge on any atom is -0.446 e. The SMILES string of the molecule is C#CC(OC=O)c1ccccc1. The molecule has 0 saturated heterocycles. The van der Waals surface area contributed by atoms with Crippen LogP contribution in [0.3, 0.4) is 0 Å². The van der Waals surface area contributed by atoms with Gasteiger partial charge in [0.2, 0.25) is 0 Å². The second-order valence-electron chi connectivity index (χ2n) is 2.19. The molecule has 0 aromatic heterocycles. The largest absolute Gasteiger partial charge is 0.446 e. The van der Waals surface area contributed by atoms with E-state index >= 15 is 0 Å². The molecule has 0 radical (unpaired) electrons. The molecule has 1 unspecified atom stereocenters. The van der Waals surface area contributed by atoms with Gasteiger partial charge in [0.25, 0.3) is 6.47 Å². The van der Waals surface area contributed by atoms with Crippen molar-refractivity contribution in [2.75, 3.05) is 0 Å². The lowest BCUT2D eigenvalue weighted by molar-refractivity contribution is -0.131. The highest BCUT2D eigenvalue weighted by Crippen LogP contribution is 2.13. The van der Waals surface area contributed by atoms with Crippen molar-refractivity contribution in [2.45, 2.75) is 6.10 Å². The number of hydrogen-bond acceptors (Lipinski definition) is 2. The van der Waals surface area contributed by atoms with Crippen molar-refractivity contribution in [2.24, 2.45) is 0 Å². The molecule has 0 aliphatic heterocycles. The van der Waals surface area contributed by atoms with Gasteiger partial charge in [-0.05, 0) is 0 Å². The Morgan fingerprint density at radius 3 is 2.58 bits per heavy atom. The normalized spacial score (nSPS) is 11.2. The quantitative estimate of drug-likeness (QED) is 0.495. The van der Waals surface area contributed by atoms with E-state index in [0.29, 0.717) is 6.47 Å². The van der Waals surface area contributed by atoms with Crippen LogP contribution in [0, 0.1) is 12.3 Å². The maximum absolute atomic E-state index is 10.0. The number of carbonyl (C=O) groups excluding carboxylic acids is 1. The van der Waals surface area contributed by atoms with Crippen LogP contribution < -0.4 is 0 Å². The summed E-state index contributed by atoms with van der Waals surface area (Å²) in [5.74, 6) is 2.37. The minimum absolute atomic E-state index is 0.359. The highest BCUT2D eigenvalue weighted by molar-refractivity contribution is 5.40. The summed E-state index contributed by atoms with van der Waals surface area (Å²) in [6.45, 7) is 0.359. The van der Waals surface area contributed by atoms with Crippen molar-refractivity contribution < 1.29 is 9.53 Å². The van der Waals surface area contributed by atoms with Gasteiger partial charge in [-0.1, -0.05) is 36.3 Å². The number of terminal acetylenes is 1. The maximum atomic E-state index is 10.0. The molecular formula is C10H8O2. The lowest BCUT2D eigenvalue weighted by Gasteiger charge is -2.07. The molecule has 1 aromatic rings. The van der Waals surface area contributed by atoms with Crippen molar-refractivity contribution in [1.82, 2.24) is 0 Å². The van der Waals surface area contributed by atoms with Gasteiger partial charge in [0, 0.05) is 5.56 Å². The Morgan fingerprint density at radius 1 is 1.42 bits per heavy atom. The van der Waals surface area contributed by atoms with Crippen LogP contribution in [0.25, 0.3) is 0 Å². The predicted molar refractivity (Wildman–Crippen MR) is 45.2 cm³/mol. The van der Waals surface area contributed by atoms with E-state index < -0.39 is 6.10 Å². The molecule has 0 fully saturated rings. The summed E-state index contributed by atoms with van der Waals surface area (Å²) < 4.78 is 4.66. The van der Waals surface area contributed by atoms with E-state index in [1.54, 1.807) is 0 Å². The van der Waals surface area contributed by atoms with E-state index in [2.05, 4.69) is 10.7 Å². The molecule has 1 rings (SSSR count). The highest BCUT2D eigenvalue weighted by atomic mass is 16.5. The first-order valence-corrected chi connectivity index (χ1v) is 3.48. The zero-order valence-corrected chi connectivity index (χ0v) is 6.44. The zero-order chi connectivity index (χ0) is 8.81. The standard InChI is InChI=1S/C10H8O2/c1-2-10(12-8-11)9-6-4-3-5-7-9/h1,3-8,10H. The molecule has 0 aliphatic carbocycles. The molecule has 60 valence electrons. The van der Waals surface area contributed by atoms with Crippen LogP contribution >= 0.6 is 0 Å². The van der Waals surface area contributed by atoms with E-state index in [1.165, 1.54) is 0 Å². The van der Waals surface area contributed by atoms with Gasteiger partial charge in [0.15, 0.2) is 6.10 Å². The van der Waals surface area contributed by atoms with Gasteiger partial charge in [0.1, 0.15) is 0 Å². The molecule has 0 aliphatic rings. The summed E-state index contributed by atoms with van der Waals surface area (Å²) >= 11 is 0. The van der Waals surface area contributed by atoms with Crippen LogP contribution in [0.5, 0.6) is 0 Å². The Hall–Kier alpha value is -1.75. The first-order chi connectivity index (χ1) is 5.88. The van der Waals surface area contributed by atoms with Crippen LogP contribution in [0.2, 0.25) is 0 Å². The summed E-state index contributed by atoms with van der Waals surface area (Å²) in [5, 5.41) is 0. The molecular weight excluding hydrogens is 152 g/mol. The average molecular weight is 160 g/mol. The molecule has 0 spiro atoms. The Balaban J connectivity index is 2.82. The first-order valence-electron chi connectivity index (χ1n) is 3.48. The summed E-state index contributed by atoms with van der Waals surface area (Å²) in [5.41, 5.74) is 0.812. The van der Waals surface area contributed by atoms with Gasteiger partial charge >= 0.3 is 0 Å². The lowest BCUT2D eigenvalue weighted by Crippen LogP contribution is -1.99. The summed E-state index contributed by atoms with van der Waals surface area (Å²) in [4.78, 5) is 10.0. The Labute approximate surface area is 71.2 Å². The molecule has 0 N–H and O–H groups in total. The van der Waals surface area contributed by atoms with Crippen LogP contribution in [0.15, 0.2) is 30.3 Å². The number of rotatable bonds is 3. The third kappa shape index (κ3) is 1.86. The van der Waals surface area contributed by atoms with E-state index in [4.69, 9.17) is 6.42 Å². The number of benzene rings is 1. The summed E-state index contributed by atoms with van der Waals surface area (Å²) in [6.07, 6.45) is 4.59. The molecule has 0 amide bonds. The molecule has 12 heavy (non-hydrogen) atoms. The van der Waals surface area contributed by atoms with Gasteiger partial charge in [-0.3, -0.25) is 4.79 Å². The molecule has 0 heterocycles. The minimum atomic E-state index is -0.566. The fourth-order valence-corrected chi connectivity index (χ4v) is 0.897. The monoisotopic (exact) mass is 160 g/mol. The van der Waals surface area contributed by atoms with E-state index in [0.717, 1.165) is 5.56 Å². The van der Waals surface area contributed by atoms with Crippen LogP contribution in [0.4, 0.5) is 0 Å². The maximum Gasteiger partial charge on any atom is 0.294 e. The molecule has 0 bridgehead atoms. The van der Waals surface area contributed by atoms with Gasteiger partial charge < -0.3 is 4.74 Å². The fraction of sp³-hybridized carbons (Fsp3) is 0.100. The van der Waals surface area contributed by atoms with E-state index in [9.17, 15) is 4.79 Å². The van der Waals surface area contributed by atoms with Crippen molar-refractivity contribution in [3.63, 3.8) is 0 Å². The van der Waals surface area contributed by atoms with Gasteiger partial charge in [0.05, 0.1) is 0 Å². The lowest BCUT2D eigenvalue weighted by atomic mass is 10.1. The van der Waals surface area contributed by atoms with Gasteiger partial charge in [-0.15, -0.1) is 6.42 Å². The topological polar surface area (TPSA) is 26.3 Å². The van der Waals surface area contributed by atoms with E-state index in [1.807, 2.05) is 30.3 Å². The molecule has 2 nitrogen and oxygen atoms in total. The summed E-state index contributed by atoms with van der Waals surface area (Å²) in [6, 6.07) is 9.18. The first kappa shape index (κ1) is 8.35. The van der Waals surface area contributed by atoms with Crippen molar-refractivity contribution in [1.29, 1.82) is 0 Å². The van der Waals surface area contributed by atoms with Crippen molar-refractivity contribution in [3.8, 4) is 12.3 Å². The predicted octanol–water partition coefficient (Wildman–Crippen LogP) is 1.53. The van der Waals surface area contributed by atoms with Gasteiger partial charge in [-0.25, -0.2) is 0 Å². The fourth-order valence-electron chi connectivity index (χ4n) is 0.897. The van der Waals surface area contributed by atoms with Crippen LogP contribution in [-0.4, -0.2) is 6.47 Å². The molecule has 0 saturated carbocycles. The third-order valence-corrected chi connectivity index (χ3v) is 1.45. The Kier molecular flexibility index (Phi) is 2.92. The third-order valence-electron chi connectivity index (χ3n) is 1.45. The second kappa shape index (κ2) is 4.20. The van der Waals surface area contributed by atoms with Gasteiger partial charge in [-0.2, -0.15) is 0 Å². The Bertz CT molecular complexity index is 284. The van der Waals surface area contributed by atoms with E-state index in [-0.39, 0.29) is 0 Å². The van der Waals surface area contributed by atoms with Crippen LogP contribution in [-0.2, 0) is 9.53 Å². The van der Waals surface area contributed by atoms with Crippen molar-refractivity contribution in [3.05, 3.63) is 35.9 Å². The highest BCUT2D eigenvalue weighted by Gasteiger charge is 2.05. The summed E-state index contributed by atoms with van der Waals surface area (Å²) in [7, 11) is 0. The number of ether oxygens (including phenoxy) is 1. The average Bonchev–Trinajstić information content (AvgIpc) is 2.15. The smallest absolute Gasteiger partial charge is 0.294 e. The van der Waals surface area contributed by atoms with Crippen LogP contribution in [0.1, 0.15) is 11.7 Å². The second-order valence-corrected chi connectivity index (χ2v) is 2.19. The number of hydrogen-bond donors (Lipinski definition) is 0. The zero-order valence-electron chi connectivity index (χ0n) is 6.44. The molecule has 1 aromatic carbocycles. The van der Waals surface area contributed by atoms with Crippen molar-refractivity contribution >= 4 is 6.47 Å². The molecule has 1 atom stereocenters. The molecule has 2 heteroatoms. The Morgan fingerprint density at radius 2 is 2.08 bits per heavy atom. The number of carbonyl (C=O) groups is 1.